The number of nitrogens with one attached hydrogen (secondary N) is 1. The van der Waals surface area contributed by atoms with Crippen LogP contribution in [-0.2, 0) is 10.0 Å². The molecule has 145 valence electrons. The van der Waals surface area contributed by atoms with E-state index < -0.39 is 22.2 Å². The Morgan fingerprint density at radius 3 is 1.64 bits per heavy atom. The van der Waals surface area contributed by atoms with E-state index in [2.05, 4.69) is 5.32 Å². The van der Waals surface area contributed by atoms with Gasteiger partial charge in [0.2, 0.25) is 5.91 Å². The molecule has 2 aliphatic rings. The fourth-order valence-corrected chi connectivity index (χ4v) is 5.14. The normalized spacial score (nSPS) is 30.2. The van der Waals surface area contributed by atoms with Gasteiger partial charge < -0.3 is 10.5 Å². The molecule has 0 aromatic rings. The maximum absolute atomic E-state index is 12.9. The quantitative estimate of drug-likeness (QED) is 0.799. The minimum atomic E-state index is -0.493. The van der Waals surface area contributed by atoms with Gasteiger partial charge >= 0.3 is 0 Å². The van der Waals surface area contributed by atoms with Gasteiger partial charge in [-0.15, -0.1) is 10.3 Å². The van der Waals surface area contributed by atoms with Crippen molar-refractivity contribution >= 4 is 5.91 Å². The van der Waals surface area contributed by atoms with E-state index in [1.54, 1.807) is 0 Å². The van der Waals surface area contributed by atoms with Crippen molar-refractivity contribution in [3.05, 3.63) is 0 Å². The number of carbonyl (C=O) groups excluding carboxylic acids is 1. The van der Waals surface area contributed by atoms with Gasteiger partial charge in [-0.1, -0.05) is 0 Å². The fourth-order valence-electron chi connectivity index (χ4n) is 5.14. The predicted octanol–water partition coefficient (Wildman–Crippen LogP) is 3.13. The lowest BCUT2D eigenvalue weighted by Gasteiger charge is -2.52. The maximum Gasteiger partial charge on any atom is 0.223 e. The van der Waals surface area contributed by atoms with Crippen LogP contribution in [0.4, 0.5) is 0 Å². The van der Waals surface area contributed by atoms with Crippen LogP contribution in [-0.4, -0.2) is 49.4 Å². The van der Waals surface area contributed by atoms with Gasteiger partial charge in [-0.2, -0.15) is 5.06 Å². The number of piperidine rings is 2. The highest BCUT2D eigenvalue weighted by molar-refractivity contribution is 5.79. The van der Waals surface area contributed by atoms with Gasteiger partial charge in [0.05, 0.1) is 0 Å². The summed E-state index contributed by atoms with van der Waals surface area (Å²) in [5.41, 5.74) is -1.87. The topological polar surface area (TPSA) is 75.7 Å². The highest BCUT2D eigenvalue weighted by Crippen LogP contribution is 2.41. The van der Waals surface area contributed by atoms with Crippen LogP contribution in [0.15, 0.2) is 0 Å². The minimum Gasteiger partial charge on any atom is -0.353 e. The Balaban J connectivity index is 2.10. The summed E-state index contributed by atoms with van der Waals surface area (Å²) in [5, 5.41) is 28.7. The minimum absolute atomic E-state index is 0.00100. The molecule has 0 bridgehead atoms. The second kappa shape index (κ2) is 6.19. The molecule has 0 aromatic heterocycles. The van der Waals surface area contributed by atoms with E-state index in [0.29, 0.717) is 25.7 Å². The lowest BCUT2D eigenvalue weighted by atomic mass is 9.74. The smallest absolute Gasteiger partial charge is 0.223 e. The van der Waals surface area contributed by atoms with Crippen molar-refractivity contribution in [3.63, 3.8) is 0 Å². The van der Waals surface area contributed by atoms with Crippen molar-refractivity contribution in [1.82, 2.24) is 15.4 Å². The summed E-state index contributed by atoms with van der Waals surface area (Å²) in [4.78, 5) is 12.9. The zero-order chi connectivity index (χ0) is 19.4. The van der Waals surface area contributed by atoms with Crippen molar-refractivity contribution in [2.45, 2.75) is 109 Å². The molecule has 2 N–H and O–H groups in total. The number of rotatable bonds is 2. The zero-order valence-electron chi connectivity index (χ0n) is 17.1. The maximum atomic E-state index is 12.9. The summed E-state index contributed by atoms with van der Waals surface area (Å²) in [6.45, 7) is 15.6. The molecule has 0 atom stereocenters. The molecule has 0 saturated carbocycles. The van der Waals surface area contributed by atoms with Crippen molar-refractivity contribution in [2.24, 2.45) is 5.92 Å². The van der Waals surface area contributed by atoms with Crippen molar-refractivity contribution in [1.29, 1.82) is 0 Å². The number of amides is 1. The molecule has 1 radical (unpaired) electrons. The van der Waals surface area contributed by atoms with E-state index >= 15 is 0 Å². The molecular weight excluding hydrogens is 318 g/mol. The first-order valence-corrected chi connectivity index (χ1v) is 9.36. The van der Waals surface area contributed by atoms with Gasteiger partial charge in [-0.3, -0.25) is 4.79 Å². The number of hydroxylamine groups is 4. The third kappa shape index (κ3) is 4.02. The summed E-state index contributed by atoms with van der Waals surface area (Å²) in [6, 6.07) is 0.00100. The Labute approximate surface area is 152 Å². The lowest BCUT2D eigenvalue weighted by molar-refractivity contribution is -0.290. The largest absolute Gasteiger partial charge is 0.353 e. The van der Waals surface area contributed by atoms with E-state index in [1.807, 2.05) is 55.4 Å². The van der Waals surface area contributed by atoms with E-state index in [4.69, 9.17) is 0 Å². The van der Waals surface area contributed by atoms with Crippen molar-refractivity contribution in [2.75, 3.05) is 0 Å². The van der Waals surface area contributed by atoms with Gasteiger partial charge in [-0.25, -0.2) is 0 Å². The first-order valence-electron chi connectivity index (χ1n) is 9.36. The lowest BCUT2D eigenvalue weighted by Crippen LogP contribution is -2.64. The van der Waals surface area contributed by atoms with E-state index in [9.17, 15) is 15.2 Å². The molecule has 0 aliphatic carbocycles. The number of carbonyl (C=O) groups is 1. The number of hydrogen-bond donors (Lipinski definition) is 2. The molecule has 2 fully saturated rings. The molecule has 6 heteroatoms. The van der Waals surface area contributed by atoms with Crippen LogP contribution >= 0.6 is 0 Å². The van der Waals surface area contributed by atoms with E-state index in [0.717, 1.165) is 0 Å². The van der Waals surface area contributed by atoms with Gasteiger partial charge in [0.25, 0.3) is 0 Å². The van der Waals surface area contributed by atoms with Crippen molar-refractivity contribution in [3.8, 4) is 0 Å². The van der Waals surface area contributed by atoms with Crippen LogP contribution < -0.4 is 5.32 Å². The summed E-state index contributed by atoms with van der Waals surface area (Å²) >= 11 is 0. The molecule has 1 amide bonds. The van der Waals surface area contributed by atoms with Crippen LogP contribution in [0.2, 0.25) is 0 Å². The molecule has 2 heterocycles. The molecule has 0 spiro atoms. The van der Waals surface area contributed by atoms with E-state index in [1.165, 1.54) is 10.1 Å². The molecule has 2 saturated heterocycles. The highest BCUT2D eigenvalue weighted by atomic mass is 16.5. The Morgan fingerprint density at radius 2 is 1.24 bits per heavy atom. The van der Waals surface area contributed by atoms with Crippen LogP contribution in [0.5, 0.6) is 0 Å². The molecule has 6 nitrogen and oxygen atoms in total. The van der Waals surface area contributed by atoms with Crippen LogP contribution in [0.3, 0.4) is 0 Å². The molecule has 0 unspecified atom stereocenters. The summed E-state index contributed by atoms with van der Waals surface area (Å²) < 4.78 is 0. The van der Waals surface area contributed by atoms with Crippen LogP contribution in [0.25, 0.3) is 0 Å². The molecule has 2 rings (SSSR count). The van der Waals surface area contributed by atoms with Gasteiger partial charge in [0.1, 0.15) is 0 Å². The van der Waals surface area contributed by atoms with Crippen LogP contribution in [0, 0.1) is 5.92 Å². The Hall–Kier alpha value is -0.690. The Bertz CT molecular complexity index is 492. The van der Waals surface area contributed by atoms with Gasteiger partial charge in [0, 0.05) is 34.1 Å². The Kier molecular flexibility index (Phi) is 5.10. The monoisotopic (exact) mass is 354 g/mol. The molecule has 2 aliphatic heterocycles. The molecular formula is C19H36N3O3. The van der Waals surface area contributed by atoms with Crippen LogP contribution in [0.1, 0.15) is 81.1 Å². The molecule has 25 heavy (non-hydrogen) atoms. The highest BCUT2D eigenvalue weighted by Gasteiger charge is 2.49. The average molecular weight is 355 g/mol. The van der Waals surface area contributed by atoms with E-state index in [-0.39, 0.29) is 17.9 Å². The first-order chi connectivity index (χ1) is 11.1. The second-order valence-corrected chi connectivity index (χ2v) is 10.6. The summed E-state index contributed by atoms with van der Waals surface area (Å²) in [6.07, 6.45) is 2.53. The summed E-state index contributed by atoms with van der Waals surface area (Å²) in [7, 11) is 0. The number of hydrogen-bond acceptors (Lipinski definition) is 4. The third-order valence-corrected chi connectivity index (χ3v) is 5.95. The van der Waals surface area contributed by atoms with Crippen molar-refractivity contribution < 1.29 is 15.2 Å². The third-order valence-electron chi connectivity index (χ3n) is 5.95. The van der Waals surface area contributed by atoms with Gasteiger partial charge in [-0.05, 0) is 81.1 Å². The first kappa shape index (κ1) is 20.6. The SMILES string of the molecule is CC1(C)CC(NC(=O)C2CC(C)(C)N(O)C(C)(C)C2)CC(C)(C)N1[O]. The van der Waals surface area contributed by atoms with Gasteiger partial charge in [0.15, 0.2) is 0 Å². The Morgan fingerprint density at radius 1 is 0.840 bits per heavy atom. The molecule has 0 aromatic carbocycles. The number of nitrogens with zero attached hydrogens (tertiary/aromatic N) is 2. The fraction of sp³-hybridized carbons (Fsp3) is 0.947. The average Bonchev–Trinajstić information content (AvgIpc) is 2.40. The second-order valence-electron chi connectivity index (χ2n) is 10.6. The predicted molar refractivity (Wildman–Crippen MR) is 96.4 cm³/mol. The summed E-state index contributed by atoms with van der Waals surface area (Å²) in [5.74, 6) is -0.0879. The standard InChI is InChI=1S/C19H36N3O3/c1-16(2)9-13(10-17(3,4)21(16)24)15(23)20-14-11-18(5,6)22(25)19(7,8)12-14/h13-14,24H,9-12H2,1-8H3,(H,20,23). The zero-order valence-corrected chi connectivity index (χ0v) is 17.1.